The molecule has 0 heterocycles. The Kier molecular flexibility index (Phi) is 9.85. The molecular formula is C22H32Cl2NOPTi. The van der Waals surface area contributed by atoms with E-state index in [2.05, 4.69) is 96.9 Å². The third-order valence-corrected chi connectivity index (χ3v) is 5.78. The molecule has 1 N–H and O–H groups in total. The molecule has 2 nitrogen and oxygen atoms in total. The van der Waals surface area contributed by atoms with Crippen molar-refractivity contribution in [2.24, 2.45) is 0 Å². The Morgan fingerprint density at radius 1 is 0.893 bits per heavy atom. The number of benzene rings is 2. The van der Waals surface area contributed by atoms with Crippen LogP contribution in [0.5, 0.6) is 5.75 Å². The van der Waals surface area contributed by atoms with Gasteiger partial charge in [0.25, 0.3) is 0 Å². The Morgan fingerprint density at radius 3 is 1.89 bits per heavy atom. The average molecular weight is 476 g/mol. The maximum atomic E-state index is 11.0. The van der Waals surface area contributed by atoms with E-state index < -0.39 is 17.0 Å². The van der Waals surface area contributed by atoms with E-state index in [4.69, 9.17) is 18.6 Å². The minimum absolute atomic E-state index is 0.0496. The molecule has 0 aliphatic rings. The summed E-state index contributed by atoms with van der Waals surface area (Å²) in [6, 6.07) is 12.8. The summed E-state index contributed by atoms with van der Waals surface area (Å²) in [5.41, 5.74) is 3.48. The molecule has 0 fully saturated rings. The molecule has 2 rings (SSSR count). The SMILES string of the molecule is CN(C)c1ccccc1Pc1cc(C(C)(C)C)cc(C(C)(C)C)c1O.[Cl][Ti][Cl]. The van der Waals surface area contributed by atoms with Gasteiger partial charge in [0.15, 0.2) is 0 Å². The summed E-state index contributed by atoms with van der Waals surface area (Å²) in [5.74, 6) is 0.451. The molecule has 0 aliphatic heterocycles. The summed E-state index contributed by atoms with van der Waals surface area (Å²) in [7, 11) is 14.3. The molecule has 0 aliphatic carbocycles. The van der Waals surface area contributed by atoms with E-state index in [1.165, 1.54) is 16.6 Å². The van der Waals surface area contributed by atoms with E-state index in [-0.39, 0.29) is 10.8 Å². The second-order valence-corrected chi connectivity index (χ2v) is 12.9. The van der Waals surface area contributed by atoms with Crippen LogP contribution in [0.3, 0.4) is 0 Å². The van der Waals surface area contributed by atoms with Crippen LogP contribution in [0.1, 0.15) is 52.7 Å². The first-order valence-electron chi connectivity index (χ1n) is 9.20. The van der Waals surface area contributed by atoms with Crippen molar-refractivity contribution in [2.75, 3.05) is 19.0 Å². The quantitative estimate of drug-likeness (QED) is 0.430. The van der Waals surface area contributed by atoms with Gasteiger partial charge in [-0.15, -0.1) is 0 Å². The Balaban J connectivity index is 0.00000122. The normalized spacial score (nSPS) is 11.9. The fraction of sp³-hybridized carbons (Fsp3) is 0.455. The van der Waals surface area contributed by atoms with Crippen LogP contribution >= 0.6 is 27.2 Å². The van der Waals surface area contributed by atoms with Crippen molar-refractivity contribution in [3.05, 3.63) is 47.5 Å². The standard InChI is InChI=1S/C22H32NOP.2ClH.Ti/c1-21(2,3)15-13-16(22(4,5)6)20(24)19(14-15)25-18-12-10-9-11-17(18)23(7)8;;;/h9-14,24-25H,1-8H3;2*1H;/q;;;+2/p-2. The van der Waals surface area contributed by atoms with Gasteiger partial charge in [-0.3, -0.25) is 0 Å². The first-order valence-corrected chi connectivity index (χ1v) is 14.5. The molecule has 28 heavy (non-hydrogen) atoms. The van der Waals surface area contributed by atoms with Crippen LogP contribution in [0.4, 0.5) is 5.69 Å². The Bertz CT molecular complexity index is 783. The van der Waals surface area contributed by atoms with Gasteiger partial charge in [-0.05, 0) is 28.5 Å². The predicted octanol–water partition coefficient (Wildman–Crippen LogP) is 6.06. The van der Waals surface area contributed by atoms with Crippen LogP contribution in [0.2, 0.25) is 0 Å². The van der Waals surface area contributed by atoms with Crippen molar-refractivity contribution in [3.63, 3.8) is 0 Å². The van der Waals surface area contributed by atoms with E-state index >= 15 is 0 Å². The van der Waals surface area contributed by atoms with E-state index in [0.29, 0.717) is 14.3 Å². The van der Waals surface area contributed by atoms with Gasteiger partial charge in [-0.25, -0.2) is 0 Å². The molecule has 0 saturated carbocycles. The van der Waals surface area contributed by atoms with Crippen molar-refractivity contribution in [2.45, 2.75) is 52.4 Å². The van der Waals surface area contributed by atoms with Crippen LogP contribution in [-0.4, -0.2) is 19.2 Å². The van der Waals surface area contributed by atoms with Crippen LogP contribution in [0.25, 0.3) is 0 Å². The van der Waals surface area contributed by atoms with Crippen LogP contribution in [0, 0.1) is 0 Å². The Labute approximate surface area is 189 Å². The molecule has 0 amide bonds. The summed E-state index contributed by atoms with van der Waals surface area (Å²) in [5, 5.41) is 13.3. The first kappa shape index (κ1) is 25.8. The zero-order chi connectivity index (χ0) is 21.7. The number of para-hydroxylation sites is 1. The van der Waals surface area contributed by atoms with Crippen LogP contribution in [0.15, 0.2) is 36.4 Å². The molecule has 0 bridgehead atoms. The fourth-order valence-corrected chi connectivity index (χ4v) is 4.23. The Hall–Kier alpha value is -0.236. The van der Waals surface area contributed by atoms with E-state index in [0.717, 1.165) is 10.9 Å². The van der Waals surface area contributed by atoms with Gasteiger partial charge in [0, 0.05) is 36.0 Å². The summed E-state index contributed by atoms with van der Waals surface area (Å²) >= 11 is -0.556. The topological polar surface area (TPSA) is 23.5 Å². The summed E-state index contributed by atoms with van der Waals surface area (Å²) in [4.78, 5) is 2.14. The third-order valence-electron chi connectivity index (χ3n) is 4.44. The van der Waals surface area contributed by atoms with Crippen molar-refractivity contribution in [3.8, 4) is 5.75 Å². The van der Waals surface area contributed by atoms with Gasteiger partial charge in [-0.2, -0.15) is 0 Å². The summed E-state index contributed by atoms with van der Waals surface area (Å²) < 4.78 is 0. The molecular weight excluding hydrogens is 444 g/mol. The second-order valence-electron chi connectivity index (χ2n) is 9.03. The predicted molar refractivity (Wildman–Crippen MR) is 126 cm³/mol. The van der Waals surface area contributed by atoms with Gasteiger partial charge in [-0.1, -0.05) is 74.4 Å². The van der Waals surface area contributed by atoms with Gasteiger partial charge in [0.2, 0.25) is 0 Å². The van der Waals surface area contributed by atoms with Gasteiger partial charge in [0.05, 0.1) is 0 Å². The van der Waals surface area contributed by atoms with E-state index in [1.807, 2.05) is 0 Å². The molecule has 1 atom stereocenters. The first-order chi connectivity index (χ1) is 12.8. The molecule has 0 radical (unpaired) electrons. The molecule has 6 heteroatoms. The van der Waals surface area contributed by atoms with E-state index in [9.17, 15) is 5.11 Å². The number of anilines is 1. The number of nitrogens with zero attached hydrogens (tertiary/aromatic N) is 1. The monoisotopic (exact) mass is 475 g/mol. The molecule has 2 aromatic rings. The van der Waals surface area contributed by atoms with Crippen LogP contribution in [-0.2, 0) is 27.9 Å². The second kappa shape index (κ2) is 10.7. The summed E-state index contributed by atoms with van der Waals surface area (Å²) in [6.45, 7) is 13.2. The minimum atomic E-state index is -0.556. The molecule has 154 valence electrons. The van der Waals surface area contributed by atoms with Crippen molar-refractivity contribution in [1.29, 1.82) is 0 Å². The molecule has 1 unspecified atom stereocenters. The number of phenolic OH excluding ortho intramolecular Hbond substituents is 1. The van der Waals surface area contributed by atoms with Gasteiger partial charge < -0.3 is 10.0 Å². The van der Waals surface area contributed by atoms with Crippen molar-refractivity contribution in [1.82, 2.24) is 0 Å². The van der Waals surface area contributed by atoms with Gasteiger partial charge >= 0.3 is 35.6 Å². The van der Waals surface area contributed by atoms with E-state index in [1.54, 1.807) is 0 Å². The zero-order valence-corrected chi connectivity index (χ0v) is 22.2. The number of halogens is 2. The molecule has 0 aromatic heterocycles. The number of hydrogen-bond acceptors (Lipinski definition) is 2. The third kappa shape index (κ3) is 7.23. The number of rotatable bonds is 3. The average Bonchev–Trinajstić information content (AvgIpc) is 2.55. The molecule has 0 spiro atoms. The summed E-state index contributed by atoms with van der Waals surface area (Å²) in [6.07, 6.45) is 0. The maximum absolute atomic E-state index is 11.0. The molecule has 2 aromatic carbocycles. The number of phenols is 1. The van der Waals surface area contributed by atoms with Crippen molar-refractivity contribution >= 4 is 43.5 Å². The fourth-order valence-electron chi connectivity index (χ4n) is 2.85. The zero-order valence-electron chi connectivity index (χ0n) is 18.1. The van der Waals surface area contributed by atoms with Crippen molar-refractivity contribution < 1.29 is 22.1 Å². The number of hydrogen-bond donors (Lipinski definition) is 1. The number of aromatic hydroxyl groups is 1. The van der Waals surface area contributed by atoms with Gasteiger partial charge in [0.1, 0.15) is 5.75 Å². The Morgan fingerprint density at radius 2 is 1.43 bits per heavy atom. The molecule has 0 saturated heterocycles. The van der Waals surface area contributed by atoms with Crippen LogP contribution < -0.4 is 15.5 Å².